The summed E-state index contributed by atoms with van der Waals surface area (Å²) in [7, 11) is 0. The third-order valence-electron chi connectivity index (χ3n) is 2.67. The topological polar surface area (TPSA) is 49.3 Å². The number of hydrogen-bond donors (Lipinski definition) is 2. The maximum Gasteiger partial charge on any atom is 0.335 e. The van der Waals surface area contributed by atoms with E-state index < -0.39 is 23.2 Å². The molecule has 3 nitrogen and oxygen atoms in total. The van der Waals surface area contributed by atoms with Crippen LogP contribution in [0.15, 0.2) is 12.1 Å². The summed E-state index contributed by atoms with van der Waals surface area (Å²) >= 11 is 0. The second-order valence-electron chi connectivity index (χ2n) is 4.31. The summed E-state index contributed by atoms with van der Waals surface area (Å²) in [6.07, 6.45) is 2.77. The van der Waals surface area contributed by atoms with Gasteiger partial charge in [0, 0.05) is 6.04 Å². The molecule has 0 bridgehead atoms. The van der Waals surface area contributed by atoms with Crippen LogP contribution in [0.5, 0.6) is 0 Å². The predicted molar refractivity (Wildman–Crippen MR) is 65.9 cm³/mol. The average molecular weight is 257 g/mol. The van der Waals surface area contributed by atoms with Gasteiger partial charge in [-0.1, -0.05) is 19.8 Å². The minimum absolute atomic E-state index is 0.0652. The van der Waals surface area contributed by atoms with Crippen LogP contribution in [0.1, 0.15) is 43.5 Å². The fourth-order valence-electron chi connectivity index (χ4n) is 1.66. The number of benzene rings is 1. The number of aromatic carboxylic acids is 1. The summed E-state index contributed by atoms with van der Waals surface area (Å²) in [5.74, 6) is -3.11. The van der Waals surface area contributed by atoms with Crippen molar-refractivity contribution in [3.05, 3.63) is 29.3 Å². The average Bonchev–Trinajstić information content (AvgIpc) is 2.30. The Hall–Kier alpha value is -1.65. The number of hydrogen-bond acceptors (Lipinski definition) is 2. The van der Waals surface area contributed by atoms with Gasteiger partial charge in [0.15, 0.2) is 0 Å². The maximum atomic E-state index is 13.6. The molecule has 5 heteroatoms. The lowest BCUT2D eigenvalue weighted by atomic mass is 10.1. The van der Waals surface area contributed by atoms with E-state index in [1.54, 1.807) is 0 Å². The number of unbranched alkanes of at least 4 members (excludes halogenated alkanes) is 1. The third kappa shape index (κ3) is 3.68. The van der Waals surface area contributed by atoms with Crippen LogP contribution in [0.3, 0.4) is 0 Å². The summed E-state index contributed by atoms with van der Waals surface area (Å²) in [5, 5.41) is 11.4. The molecule has 0 aliphatic heterocycles. The van der Waals surface area contributed by atoms with Gasteiger partial charge in [-0.15, -0.1) is 0 Å². The molecule has 100 valence electrons. The standard InChI is InChI=1S/C13H17F2NO2/c1-3-4-5-8(2)16-12-10(14)6-9(13(17)18)7-11(12)15/h6-8,16H,3-5H2,1-2H3,(H,17,18). The highest BCUT2D eigenvalue weighted by molar-refractivity contribution is 5.88. The molecule has 0 aliphatic rings. The van der Waals surface area contributed by atoms with Crippen molar-refractivity contribution in [1.82, 2.24) is 0 Å². The molecule has 2 N–H and O–H groups in total. The first-order valence-electron chi connectivity index (χ1n) is 5.94. The Bertz CT molecular complexity index is 412. The first-order chi connectivity index (χ1) is 8.45. The number of halogens is 2. The molecule has 0 fully saturated rings. The second-order valence-corrected chi connectivity index (χ2v) is 4.31. The van der Waals surface area contributed by atoms with Gasteiger partial charge in [-0.05, 0) is 25.5 Å². The van der Waals surface area contributed by atoms with Gasteiger partial charge in [0.05, 0.1) is 5.56 Å². The zero-order chi connectivity index (χ0) is 13.7. The molecule has 0 aromatic heterocycles. The Morgan fingerprint density at radius 3 is 2.39 bits per heavy atom. The molecule has 1 rings (SSSR count). The molecule has 1 atom stereocenters. The monoisotopic (exact) mass is 257 g/mol. The van der Waals surface area contributed by atoms with Gasteiger partial charge in [0.1, 0.15) is 17.3 Å². The molecule has 0 heterocycles. The second kappa shape index (κ2) is 6.33. The first kappa shape index (κ1) is 14.4. The zero-order valence-corrected chi connectivity index (χ0v) is 10.5. The number of carboxylic acids is 1. The quantitative estimate of drug-likeness (QED) is 0.817. The van der Waals surface area contributed by atoms with E-state index in [-0.39, 0.29) is 11.7 Å². The summed E-state index contributed by atoms with van der Waals surface area (Å²) in [5.41, 5.74) is -0.652. The minimum atomic E-state index is -1.35. The molecule has 0 aliphatic carbocycles. The largest absolute Gasteiger partial charge is 0.478 e. The number of carboxylic acid groups (broad SMARTS) is 1. The summed E-state index contributed by atoms with van der Waals surface area (Å²) < 4.78 is 27.2. The van der Waals surface area contributed by atoms with Crippen LogP contribution < -0.4 is 5.32 Å². The minimum Gasteiger partial charge on any atom is -0.478 e. The molecular weight excluding hydrogens is 240 g/mol. The van der Waals surface area contributed by atoms with Crippen molar-refractivity contribution in [1.29, 1.82) is 0 Å². The highest BCUT2D eigenvalue weighted by atomic mass is 19.1. The normalized spacial score (nSPS) is 12.2. The Morgan fingerprint density at radius 1 is 1.39 bits per heavy atom. The number of rotatable bonds is 6. The van der Waals surface area contributed by atoms with Crippen LogP contribution in [0.25, 0.3) is 0 Å². The van der Waals surface area contributed by atoms with Gasteiger partial charge in [-0.3, -0.25) is 0 Å². The molecule has 0 saturated heterocycles. The van der Waals surface area contributed by atoms with Crippen LogP contribution in [0.2, 0.25) is 0 Å². The molecule has 18 heavy (non-hydrogen) atoms. The molecule has 0 radical (unpaired) electrons. The van der Waals surface area contributed by atoms with Gasteiger partial charge in [-0.25, -0.2) is 13.6 Å². The summed E-state index contributed by atoms with van der Waals surface area (Å²) in [6.45, 7) is 3.87. The van der Waals surface area contributed by atoms with Crippen LogP contribution in [-0.2, 0) is 0 Å². The van der Waals surface area contributed by atoms with Crippen molar-refractivity contribution in [2.24, 2.45) is 0 Å². The van der Waals surface area contributed by atoms with Crippen molar-refractivity contribution in [3.8, 4) is 0 Å². The van der Waals surface area contributed by atoms with Crippen LogP contribution >= 0.6 is 0 Å². The fraction of sp³-hybridized carbons (Fsp3) is 0.462. The highest BCUT2D eigenvalue weighted by Gasteiger charge is 2.15. The molecule has 0 spiro atoms. The van der Waals surface area contributed by atoms with E-state index >= 15 is 0 Å². The van der Waals surface area contributed by atoms with Crippen molar-refractivity contribution in [3.63, 3.8) is 0 Å². The maximum absolute atomic E-state index is 13.6. The summed E-state index contributed by atoms with van der Waals surface area (Å²) in [4.78, 5) is 10.6. The Labute approximate surface area is 105 Å². The zero-order valence-electron chi connectivity index (χ0n) is 10.5. The van der Waals surface area contributed by atoms with E-state index in [2.05, 4.69) is 5.32 Å². The lowest BCUT2D eigenvalue weighted by molar-refractivity contribution is 0.0696. The molecule has 1 aromatic carbocycles. The van der Waals surface area contributed by atoms with E-state index in [1.807, 2.05) is 13.8 Å². The van der Waals surface area contributed by atoms with Gasteiger partial charge < -0.3 is 10.4 Å². The number of anilines is 1. The van der Waals surface area contributed by atoms with Gasteiger partial charge in [-0.2, -0.15) is 0 Å². The van der Waals surface area contributed by atoms with E-state index in [9.17, 15) is 13.6 Å². The van der Waals surface area contributed by atoms with Gasteiger partial charge >= 0.3 is 5.97 Å². The van der Waals surface area contributed by atoms with Crippen molar-refractivity contribution < 1.29 is 18.7 Å². The van der Waals surface area contributed by atoms with Crippen LogP contribution in [-0.4, -0.2) is 17.1 Å². The highest BCUT2D eigenvalue weighted by Crippen LogP contribution is 2.22. The van der Waals surface area contributed by atoms with E-state index in [1.165, 1.54) is 0 Å². The molecular formula is C13H17F2NO2. The van der Waals surface area contributed by atoms with E-state index in [0.29, 0.717) is 0 Å². The number of carbonyl (C=O) groups is 1. The molecule has 0 saturated carbocycles. The lowest BCUT2D eigenvalue weighted by Crippen LogP contribution is -2.17. The van der Waals surface area contributed by atoms with Gasteiger partial charge in [0.2, 0.25) is 0 Å². The van der Waals surface area contributed by atoms with E-state index in [0.717, 1.165) is 31.4 Å². The van der Waals surface area contributed by atoms with Crippen LogP contribution in [0, 0.1) is 11.6 Å². The SMILES string of the molecule is CCCCC(C)Nc1c(F)cc(C(=O)O)cc1F. The van der Waals surface area contributed by atoms with Crippen LogP contribution in [0.4, 0.5) is 14.5 Å². The Balaban J connectivity index is 2.86. The van der Waals surface area contributed by atoms with E-state index in [4.69, 9.17) is 5.11 Å². The third-order valence-corrected chi connectivity index (χ3v) is 2.67. The Kier molecular flexibility index (Phi) is 5.07. The Morgan fingerprint density at radius 2 is 1.94 bits per heavy atom. The van der Waals surface area contributed by atoms with Crippen molar-refractivity contribution in [2.45, 2.75) is 39.2 Å². The predicted octanol–water partition coefficient (Wildman–Crippen LogP) is 3.65. The van der Waals surface area contributed by atoms with Gasteiger partial charge in [0.25, 0.3) is 0 Å². The smallest absolute Gasteiger partial charge is 0.335 e. The van der Waals surface area contributed by atoms with Crippen molar-refractivity contribution >= 4 is 11.7 Å². The molecule has 1 aromatic rings. The number of nitrogens with one attached hydrogen (secondary N) is 1. The lowest BCUT2D eigenvalue weighted by Gasteiger charge is -2.16. The van der Waals surface area contributed by atoms with Crippen molar-refractivity contribution in [2.75, 3.05) is 5.32 Å². The first-order valence-corrected chi connectivity index (χ1v) is 5.94. The molecule has 0 amide bonds. The fourth-order valence-corrected chi connectivity index (χ4v) is 1.66. The summed E-state index contributed by atoms with van der Waals surface area (Å²) in [6, 6.07) is 1.57. The molecule has 1 unspecified atom stereocenters.